The number of rotatable bonds is 8. The average molecular weight is 387 g/mol. The van der Waals surface area contributed by atoms with Crippen LogP contribution in [0.15, 0.2) is 84.0 Å². The minimum atomic E-state index is 0.202. The van der Waals surface area contributed by atoms with Gasteiger partial charge in [-0.2, -0.15) is 5.10 Å². The zero-order chi connectivity index (χ0) is 20.1. The van der Waals surface area contributed by atoms with Crippen molar-refractivity contribution in [1.29, 1.82) is 0 Å². The maximum Gasteiger partial charge on any atom is 0.130 e. The van der Waals surface area contributed by atoms with Crippen molar-refractivity contribution < 1.29 is 9.47 Å². The van der Waals surface area contributed by atoms with Crippen molar-refractivity contribution >= 4 is 23.3 Å². The van der Waals surface area contributed by atoms with Crippen molar-refractivity contribution in [2.45, 2.75) is 6.10 Å². The van der Waals surface area contributed by atoms with Gasteiger partial charge in [-0.15, -0.1) is 0 Å². The van der Waals surface area contributed by atoms with Crippen LogP contribution >= 0.6 is 0 Å². The van der Waals surface area contributed by atoms with Crippen molar-refractivity contribution in [3.8, 4) is 5.75 Å². The summed E-state index contributed by atoms with van der Waals surface area (Å²) in [6.07, 6.45) is 2.05. The number of ether oxygens (including phenoxy) is 2. The molecule has 0 amide bonds. The smallest absolute Gasteiger partial charge is 0.130 e. The Morgan fingerprint density at radius 1 is 0.931 bits per heavy atom. The summed E-state index contributed by atoms with van der Waals surface area (Å²) in [5.74, 6) is 0.802. The zero-order valence-electron chi connectivity index (χ0n) is 16.7. The number of hydrogen-bond donors (Lipinski definition) is 0. The lowest BCUT2D eigenvalue weighted by Gasteiger charge is -2.20. The predicted molar refractivity (Wildman–Crippen MR) is 119 cm³/mol. The highest BCUT2D eigenvalue weighted by molar-refractivity contribution is 5.86. The second-order valence-electron chi connectivity index (χ2n) is 7.11. The van der Waals surface area contributed by atoms with E-state index in [9.17, 15) is 0 Å². The first kappa shape index (κ1) is 19.0. The van der Waals surface area contributed by atoms with Crippen LogP contribution in [-0.2, 0) is 4.74 Å². The van der Waals surface area contributed by atoms with E-state index in [1.807, 2.05) is 98.1 Å². The first-order valence-electron chi connectivity index (χ1n) is 9.71. The van der Waals surface area contributed by atoms with Gasteiger partial charge in [-0.3, -0.25) is 0 Å². The molecule has 0 spiro atoms. The Labute approximate surface area is 171 Å². The Hall–Kier alpha value is -3.31. The normalized spacial score (nSPS) is 15.3. The number of anilines is 3. The molecule has 148 valence electrons. The van der Waals surface area contributed by atoms with E-state index < -0.39 is 0 Å². The molecule has 1 aliphatic rings. The second-order valence-corrected chi connectivity index (χ2v) is 7.11. The minimum absolute atomic E-state index is 0.202. The van der Waals surface area contributed by atoms with Crippen LogP contribution in [0.4, 0.5) is 17.1 Å². The van der Waals surface area contributed by atoms with Crippen LogP contribution in [0.5, 0.6) is 5.75 Å². The SMILES string of the molecule is CN(C)c1ccc(/C=N/N(c2ccccc2)c2ccccc2)c(OCC2CO2)c1. The van der Waals surface area contributed by atoms with E-state index >= 15 is 0 Å². The van der Waals surface area contributed by atoms with Gasteiger partial charge in [0.05, 0.1) is 24.2 Å². The lowest BCUT2D eigenvalue weighted by atomic mass is 10.2. The van der Waals surface area contributed by atoms with E-state index in [2.05, 4.69) is 11.0 Å². The molecule has 1 unspecified atom stereocenters. The molecule has 0 N–H and O–H groups in total. The lowest BCUT2D eigenvalue weighted by Crippen LogP contribution is -2.12. The molecule has 5 heteroatoms. The molecule has 3 aromatic rings. The molecule has 0 aromatic heterocycles. The number of hydrogen-bond acceptors (Lipinski definition) is 5. The summed E-state index contributed by atoms with van der Waals surface area (Å²) in [5.41, 5.74) is 3.99. The van der Waals surface area contributed by atoms with Crippen molar-refractivity contribution in [3.05, 3.63) is 84.4 Å². The van der Waals surface area contributed by atoms with E-state index in [4.69, 9.17) is 14.6 Å². The maximum atomic E-state index is 6.03. The van der Waals surface area contributed by atoms with Gasteiger partial charge in [0.25, 0.3) is 0 Å². The molecule has 1 heterocycles. The van der Waals surface area contributed by atoms with Crippen molar-refractivity contribution in [3.63, 3.8) is 0 Å². The molecule has 1 fully saturated rings. The Balaban J connectivity index is 1.65. The average Bonchev–Trinajstić information content (AvgIpc) is 3.59. The molecular weight excluding hydrogens is 362 g/mol. The highest BCUT2D eigenvalue weighted by Crippen LogP contribution is 2.28. The summed E-state index contributed by atoms with van der Waals surface area (Å²) in [4.78, 5) is 2.06. The highest BCUT2D eigenvalue weighted by Gasteiger charge is 2.23. The molecule has 4 rings (SSSR count). The summed E-state index contributed by atoms with van der Waals surface area (Å²) in [6.45, 7) is 1.32. The Kier molecular flexibility index (Phi) is 5.77. The number of para-hydroxylation sites is 2. The number of hydrazone groups is 1. The Morgan fingerprint density at radius 3 is 2.10 bits per heavy atom. The van der Waals surface area contributed by atoms with Crippen LogP contribution in [-0.4, -0.2) is 39.6 Å². The van der Waals surface area contributed by atoms with Gasteiger partial charge in [-0.25, -0.2) is 5.01 Å². The van der Waals surface area contributed by atoms with Gasteiger partial charge < -0.3 is 14.4 Å². The van der Waals surface area contributed by atoms with Gasteiger partial charge >= 0.3 is 0 Å². The van der Waals surface area contributed by atoms with E-state index in [0.29, 0.717) is 6.61 Å². The van der Waals surface area contributed by atoms with Gasteiger partial charge in [-0.1, -0.05) is 36.4 Å². The molecule has 0 saturated carbocycles. The van der Waals surface area contributed by atoms with Gasteiger partial charge in [0.15, 0.2) is 0 Å². The van der Waals surface area contributed by atoms with E-state index in [1.165, 1.54) is 0 Å². The van der Waals surface area contributed by atoms with Crippen LogP contribution in [0.1, 0.15) is 5.56 Å². The first-order valence-corrected chi connectivity index (χ1v) is 9.71. The van der Waals surface area contributed by atoms with Crippen LogP contribution < -0.4 is 14.6 Å². The van der Waals surface area contributed by atoms with E-state index in [0.717, 1.165) is 35.0 Å². The van der Waals surface area contributed by atoms with E-state index in [-0.39, 0.29) is 6.10 Å². The Bertz CT molecular complexity index is 915. The molecule has 0 aliphatic carbocycles. The first-order chi connectivity index (χ1) is 14.2. The predicted octanol–water partition coefficient (Wildman–Crippen LogP) is 4.70. The van der Waals surface area contributed by atoms with Crippen molar-refractivity contribution in [2.24, 2.45) is 5.10 Å². The van der Waals surface area contributed by atoms with Gasteiger partial charge in [0.2, 0.25) is 0 Å². The third-order valence-electron chi connectivity index (χ3n) is 4.65. The quantitative estimate of drug-likeness (QED) is 0.319. The van der Waals surface area contributed by atoms with Crippen LogP contribution in [0, 0.1) is 0 Å². The number of benzene rings is 3. The molecule has 0 bridgehead atoms. The minimum Gasteiger partial charge on any atom is -0.490 e. The van der Waals surface area contributed by atoms with Crippen molar-refractivity contribution in [2.75, 3.05) is 37.2 Å². The summed E-state index contributed by atoms with van der Waals surface area (Å²) >= 11 is 0. The second kappa shape index (κ2) is 8.80. The Morgan fingerprint density at radius 2 is 1.55 bits per heavy atom. The van der Waals surface area contributed by atoms with Crippen LogP contribution in [0.2, 0.25) is 0 Å². The molecular formula is C24H25N3O2. The number of epoxide rings is 1. The fourth-order valence-electron chi connectivity index (χ4n) is 2.92. The van der Waals surface area contributed by atoms with E-state index in [1.54, 1.807) is 0 Å². The monoisotopic (exact) mass is 387 g/mol. The molecule has 1 aliphatic heterocycles. The maximum absolute atomic E-state index is 6.03. The zero-order valence-corrected chi connectivity index (χ0v) is 16.7. The van der Waals surface area contributed by atoms with Gasteiger partial charge in [0, 0.05) is 31.4 Å². The molecule has 1 saturated heterocycles. The fourth-order valence-corrected chi connectivity index (χ4v) is 2.92. The summed E-state index contributed by atoms with van der Waals surface area (Å²) in [5, 5.41) is 6.72. The van der Waals surface area contributed by atoms with Gasteiger partial charge in [0.1, 0.15) is 18.5 Å². The summed E-state index contributed by atoms with van der Waals surface area (Å²) < 4.78 is 11.3. The van der Waals surface area contributed by atoms with Crippen LogP contribution in [0.25, 0.3) is 0 Å². The molecule has 5 nitrogen and oxygen atoms in total. The lowest BCUT2D eigenvalue weighted by molar-refractivity contribution is 0.263. The molecule has 0 radical (unpaired) electrons. The number of nitrogens with zero attached hydrogens (tertiary/aromatic N) is 3. The standard InChI is InChI=1S/C24H25N3O2/c1-26(2)22-14-13-19(24(15-22)29-18-23-17-28-23)16-25-27(20-9-5-3-6-10-20)21-11-7-4-8-12-21/h3-16,23H,17-18H2,1-2H3/b25-16+. The third kappa shape index (κ3) is 4.95. The molecule has 3 aromatic carbocycles. The molecule has 1 atom stereocenters. The van der Waals surface area contributed by atoms with Crippen LogP contribution in [0.3, 0.4) is 0 Å². The summed E-state index contributed by atoms with van der Waals surface area (Å²) in [6, 6.07) is 26.4. The topological polar surface area (TPSA) is 40.6 Å². The summed E-state index contributed by atoms with van der Waals surface area (Å²) in [7, 11) is 4.03. The third-order valence-corrected chi connectivity index (χ3v) is 4.65. The highest BCUT2D eigenvalue weighted by atomic mass is 16.6. The molecule has 29 heavy (non-hydrogen) atoms. The van der Waals surface area contributed by atoms with Crippen molar-refractivity contribution in [1.82, 2.24) is 0 Å². The largest absolute Gasteiger partial charge is 0.490 e. The van der Waals surface area contributed by atoms with Gasteiger partial charge in [-0.05, 0) is 36.4 Å². The fraction of sp³-hybridized carbons (Fsp3) is 0.208.